The molecular weight excluding hydrogens is 346 g/mol. The molecule has 1 aliphatic carbocycles. The van der Waals surface area contributed by atoms with Crippen molar-refractivity contribution in [2.24, 2.45) is 0 Å². The first-order valence-electron chi connectivity index (χ1n) is 9.42. The first-order chi connectivity index (χ1) is 13.0. The molecule has 2 heterocycles. The van der Waals surface area contributed by atoms with Crippen molar-refractivity contribution in [2.45, 2.75) is 71.1 Å². The van der Waals surface area contributed by atoms with Gasteiger partial charge in [-0.2, -0.15) is 0 Å². The lowest BCUT2D eigenvalue weighted by Crippen LogP contribution is -2.47. The van der Waals surface area contributed by atoms with Gasteiger partial charge in [-0.1, -0.05) is 5.16 Å². The Hall–Kier alpha value is -2.64. The average Bonchev–Trinajstić information content (AvgIpc) is 2.96. The highest BCUT2D eigenvalue weighted by molar-refractivity contribution is 5.74. The largest absolute Gasteiger partial charge is 0.473 e. The van der Waals surface area contributed by atoms with E-state index in [1.165, 1.54) is 0 Å². The summed E-state index contributed by atoms with van der Waals surface area (Å²) in [6, 6.07) is 0.0312. The molecule has 0 saturated heterocycles. The van der Waals surface area contributed by atoms with E-state index in [2.05, 4.69) is 25.8 Å². The maximum absolute atomic E-state index is 12.3. The highest BCUT2D eigenvalue weighted by Crippen LogP contribution is 2.22. The van der Waals surface area contributed by atoms with Crippen LogP contribution in [0.4, 0.5) is 4.79 Å². The Bertz CT molecular complexity index is 722. The molecule has 2 aromatic rings. The zero-order valence-electron chi connectivity index (χ0n) is 16.1. The van der Waals surface area contributed by atoms with Crippen molar-refractivity contribution in [1.82, 2.24) is 25.8 Å². The van der Waals surface area contributed by atoms with Crippen LogP contribution in [0.1, 0.15) is 49.6 Å². The second-order valence-electron chi connectivity index (χ2n) is 7.16. The second kappa shape index (κ2) is 8.83. The van der Waals surface area contributed by atoms with Crippen LogP contribution in [0.15, 0.2) is 23.1 Å². The van der Waals surface area contributed by atoms with Gasteiger partial charge >= 0.3 is 6.03 Å². The summed E-state index contributed by atoms with van der Waals surface area (Å²) in [4.78, 5) is 20.4. The minimum Gasteiger partial charge on any atom is -0.473 e. The van der Waals surface area contributed by atoms with E-state index < -0.39 is 0 Å². The molecule has 27 heavy (non-hydrogen) atoms. The number of hydrogen-bond acceptors (Lipinski definition) is 6. The minimum atomic E-state index is -0.132. The van der Waals surface area contributed by atoms with E-state index in [4.69, 9.17) is 9.26 Å². The monoisotopic (exact) mass is 373 g/mol. The van der Waals surface area contributed by atoms with Crippen LogP contribution in [0.25, 0.3) is 0 Å². The Morgan fingerprint density at radius 1 is 1.30 bits per heavy atom. The van der Waals surface area contributed by atoms with Gasteiger partial charge in [0, 0.05) is 30.0 Å². The Morgan fingerprint density at radius 3 is 2.70 bits per heavy atom. The number of amides is 2. The fourth-order valence-corrected chi connectivity index (χ4v) is 3.44. The summed E-state index contributed by atoms with van der Waals surface area (Å²) in [7, 11) is 0. The molecule has 0 radical (unpaired) electrons. The topological polar surface area (TPSA) is 102 Å². The smallest absolute Gasteiger partial charge is 0.315 e. The van der Waals surface area contributed by atoms with Gasteiger partial charge in [0.15, 0.2) is 0 Å². The van der Waals surface area contributed by atoms with Crippen molar-refractivity contribution in [3.63, 3.8) is 0 Å². The standard InChI is InChI=1S/C19H27N5O3/c1-12(10-17-13(2)24-27-14(17)3)22-19(25)23-15-4-6-16(7-5-15)26-18-11-20-8-9-21-18/h8-9,11-12,15-16H,4-7,10H2,1-3H3,(H2,22,23,25). The number of hydrogen-bond donors (Lipinski definition) is 2. The Labute approximate surface area is 159 Å². The summed E-state index contributed by atoms with van der Waals surface area (Å²) < 4.78 is 11.0. The summed E-state index contributed by atoms with van der Waals surface area (Å²) in [5.41, 5.74) is 1.94. The van der Waals surface area contributed by atoms with Crippen LogP contribution in [0.2, 0.25) is 0 Å². The highest BCUT2D eigenvalue weighted by Gasteiger charge is 2.24. The average molecular weight is 373 g/mol. The van der Waals surface area contributed by atoms with Crippen molar-refractivity contribution < 1.29 is 14.1 Å². The molecule has 1 aliphatic rings. The van der Waals surface area contributed by atoms with E-state index in [1.54, 1.807) is 18.6 Å². The number of ether oxygens (including phenoxy) is 1. The Balaban J connectivity index is 1.39. The van der Waals surface area contributed by atoms with Gasteiger partial charge in [-0.3, -0.25) is 4.98 Å². The fourth-order valence-electron chi connectivity index (χ4n) is 3.44. The van der Waals surface area contributed by atoms with Gasteiger partial charge in [0.25, 0.3) is 0 Å². The molecule has 1 unspecified atom stereocenters. The van der Waals surface area contributed by atoms with E-state index in [9.17, 15) is 4.79 Å². The molecular formula is C19H27N5O3. The lowest BCUT2D eigenvalue weighted by molar-refractivity contribution is 0.134. The SMILES string of the molecule is Cc1noc(C)c1CC(C)NC(=O)NC1CCC(Oc2cnccn2)CC1. The third-order valence-corrected chi connectivity index (χ3v) is 4.91. The van der Waals surface area contributed by atoms with Crippen molar-refractivity contribution in [1.29, 1.82) is 0 Å². The number of aromatic nitrogens is 3. The molecule has 1 saturated carbocycles. The number of carbonyl (C=O) groups excluding carboxylic acids is 1. The van der Waals surface area contributed by atoms with Crippen LogP contribution in [0, 0.1) is 13.8 Å². The molecule has 2 amide bonds. The first kappa shape index (κ1) is 19.1. The molecule has 3 rings (SSSR count). The maximum atomic E-state index is 12.3. The van der Waals surface area contributed by atoms with Crippen molar-refractivity contribution in [2.75, 3.05) is 0 Å². The molecule has 1 fully saturated rings. The number of nitrogens with one attached hydrogen (secondary N) is 2. The predicted octanol–water partition coefficient (Wildman–Crippen LogP) is 2.70. The Morgan fingerprint density at radius 2 is 2.07 bits per heavy atom. The fraction of sp³-hybridized carbons (Fsp3) is 0.579. The summed E-state index contributed by atoms with van der Waals surface area (Å²) in [6.45, 7) is 5.79. The van der Waals surface area contributed by atoms with Gasteiger partial charge in [-0.05, 0) is 52.9 Å². The molecule has 0 spiro atoms. The molecule has 8 nitrogen and oxygen atoms in total. The number of urea groups is 1. The lowest BCUT2D eigenvalue weighted by atomic mass is 9.93. The zero-order chi connectivity index (χ0) is 19.2. The second-order valence-corrected chi connectivity index (χ2v) is 7.16. The zero-order valence-corrected chi connectivity index (χ0v) is 16.1. The molecule has 146 valence electrons. The van der Waals surface area contributed by atoms with Gasteiger partial charge in [-0.15, -0.1) is 0 Å². The van der Waals surface area contributed by atoms with Gasteiger partial charge in [0.2, 0.25) is 5.88 Å². The molecule has 2 aromatic heterocycles. The summed E-state index contributed by atoms with van der Waals surface area (Å²) in [6.07, 6.45) is 9.24. The van der Waals surface area contributed by atoms with Crippen LogP contribution in [-0.2, 0) is 6.42 Å². The highest BCUT2D eigenvalue weighted by atomic mass is 16.5. The number of aryl methyl sites for hydroxylation is 2. The molecule has 2 N–H and O–H groups in total. The summed E-state index contributed by atoms with van der Waals surface area (Å²) in [5.74, 6) is 1.36. The summed E-state index contributed by atoms with van der Waals surface area (Å²) >= 11 is 0. The van der Waals surface area contributed by atoms with Crippen LogP contribution < -0.4 is 15.4 Å². The van der Waals surface area contributed by atoms with Gasteiger partial charge in [0.05, 0.1) is 11.9 Å². The lowest BCUT2D eigenvalue weighted by Gasteiger charge is -2.29. The van der Waals surface area contributed by atoms with Crippen LogP contribution in [0.3, 0.4) is 0 Å². The normalized spacial score (nSPS) is 20.7. The third-order valence-electron chi connectivity index (χ3n) is 4.91. The minimum absolute atomic E-state index is 0.00173. The molecule has 0 bridgehead atoms. The van der Waals surface area contributed by atoms with Crippen molar-refractivity contribution >= 4 is 6.03 Å². The predicted molar refractivity (Wildman–Crippen MR) is 99.5 cm³/mol. The molecule has 0 aliphatic heterocycles. The van der Waals surface area contributed by atoms with E-state index in [0.29, 0.717) is 12.3 Å². The van der Waals surface area contributed by atoms with Crippen LogP contribution in [-0.4, -0.2) is 39.3 Å². The van der Waals surface area contributed by atoms with Crippen molar-refractivity contribution in [3.05, 3.63) is 35.6 Å². The van der Waals surface area contributed by atoms with Crippen molar-refractivity contribution in [3.8, 4) is 5.88 Å². The third kappa shape index (κ3) is 5.42. The van der Waals surface area contributed by atoms with E-state index >= 15 is 0 Å². The molecule has 8 heteroatoms. The molecule has 1 atom stereocenters. The van der Waals surface area contributed by atoms with Gasteiger partial charge in [-0.25, -0.2) is 9.78 Å². The van der Waals surface area contributed by atoms with Crippen LogP contribution in [0.5, 0.6) is 5.88 Å². The number of rotatable bonds is 6. The Kier molecular flexibility index (Phi) is 6.26. The maximum Gasteiger partial charge on any atom is 0.315 e. The number of nitrogens with zero attached hydrogens (tertiary/aromatic N) is 3. The van der Waals surface area contributed by atoms with Gasteiger partial charge in [0.1, 0.15) is 11.9 Å². The van der Waals surface area contributed by atoms with Gasteiger partial charge < -0.3 is 19.9 Å². The van der Waals surface area contributed by atoms with E-state index in [0.717, 1.165) is 42.7 Å². The number of carbonyl (C=O) groups is 1. The first-order valence-corrected chi connectivity index (χ1v) is 9.42. The van der Waals surface area contributed by atoms with Crippen LogP contribution >= 0.6 is 0 Å². The van der Waals surface area contributed by atoms with E-state index in [1.807, 2.05) is 20.8 Å². The quantitative estimate of drug-likeness (QED) is 0.807. The van der Waals surface area contributed by atoms with E-state index in [-0.39, 0.29) is 24.2 Å². The summed E-state index contributed by atoms with van der Waals surface area (Å²) in [5, 5.41) is 10.0. The molecule has 0 aromatic carbocycles.